The normalized spacial score (nSPS) is 12.6. The predicted octanol–water partition coefficient (Wildman–Crippen LogP) is 27.6. The van der Waals surface area contributed by atoms with E-state index in [-0.39, 0.29) is 5.41 Å². The number of para-hydroxylation sites is 2. The number of hydrogen-bond acceptors (Lipinski definition) is 8. The van der Waals surface area contributed by atoms with Crippen LogP contribution in [0, 0.1) is 0 Å². The molecule has 528 valence electrons. The number of rotatable bonds is 8. The van der Waals surface area contributed by atoms with E-state index in [1.54, 1.807) is 0 Å². The molecule has 8 nitrogen and oxygen atoms in total. The summed E-state index contributed by atoms with van der Waals surface area (Å²) in [6, 6.07) is 122. The Balaban J connectivity index is 0.000000135. The minimum absolute atomic E-state index is 0.123. The van der Waals surface area contributed by atoms with E-state index in [4.69, 9.17) is 29.9 Å². The number of nitrogens with zero attached hydrogens (tertiary/aromatic N) is 8. The number of benzene rings is 15. The molecule has 113 heavy (non-hydrogen) atoms. The van der Waals surface area contributed by atoms with Crippen molar-refractivity contribution in [3.8, 4) is 90.0 Å². The van der Waals surface area contributed by atoms with Gasteiger partial charge < -0.3 is 9.13 Å². The molecule has 0 radical (unpaired) electrons. The zero-order valence-electron chi connectivity index (χ0n) is 61.4. The summed E-state index contributed by atoms with van der Waals surface area (Å²) < 4.78 is 10.1. The largest absolute Gasteiger partial charge is 0.309 e. The molecule has 8 heterocycles. The Morgan fingerprint density at radius 2 is 0.690 bits per heavy atom. The summed E-state index contributed by atoms with van der Waals surface area (Å²) in [7, 11) is 0. The summed E-state index contributed by atoms with van der Waals surface area (Å²) in [5, 5.41) is 15.3. The van der Waals surface area contributed by atoms with E-state index in [2.05, 4.69) is 338 Å². The lowest BCUT2D eigenvalue weighted by Gasteiger charge is -2.22. The Labute approximate surface area is 657 Å². The molecule has 0 saturated heterocycles. The summed E-state index contributed by atoms with van der Waals surface area (Å²) in [4.78, 5) is 30.8. The maximum atomic E-state index is 5.40. The van der Waals surface area contributed by atoms with Crippen LogP contribution in [0.15, 0.2) is 352 Å². The van der Waals surface area contributed by atoms with Gasteiger partial charge in [0.05, 0.1) is 33.1 Å². The smallest absolute Gasteiger partial charge is 0.160 e. The molecular weight excluding hydrogens is 1410 g/mol. The van der Waals surface area contributed by atoms with Gasteiger partial charge in [0.2, 0.25) is 0 Å². The van der Waals surface area contributed by atoms with E-state index in [0.717, 1.165) is 94.9 Å². The van der Waals surface area contributed by atoms with Gasteiger partial charge in [0.1, 0.15) is 22.4 Å². The molecule has 15 aromatic carbocycles. The maximum absolute atomic E-state index is 5.40. The molecule has 1 aliphatic rings. The summed E-state index contributed by atoms with van der Waals surface area (Å²) in [6.45, 7) is 4.64. The number of fused-ring (bicyclic) bond motifs is 25. The Morgan fingerprint density at radius 3 is 1.21 bits per heavy atom. The first-order valence-electron chi connectivity index (χ1n) is 38.3. The second kappa shape index (κ2) is 25.5. The van der Waals surface area contributed by atoms with E-state index in [9.17, 15) is 0 Å². The fraction of sp³-hybridized carbons (Fsp3) is 0.0291. The third kappa shape index (κ3) is 10.1. The highest BCUT2D eigenvalue weighted by Crippen LogP contribution is 2.53. The number of aromatic nitrogens is 8. The van der Waals surface area contributed by atoms with Crippen LogP contribution in [0.1, 0.15) is 25.0 Å². The van der Waals surface area contributed by atoms with E-state index in [1.165, 1.54) is 122 Å². The highest BCUT2D eigenvalue weighted by Gasteiger charge is 2.36. The number of hydrogen-bond donors (Lipinski definition) is 0. The maximum Gasteiger partial charge on any atom is 0.160 e. The third-order valence-electron chi connectivity index (χ3n) is 23.2. The van der Waals surface area contributed by atoms with Gasteiger partial charge in [-0.15, -0.1) is 22.7 Å². The quantitative estimate of drug-likeness (QED) is 0.151. The number of thiophene rings is 2. The van der Waals surface area contributed by atoms with Crippen molar-refractivity contribution in [3.05, 3.63) is 363 Å². The van der Waals surface area contributed by atoms with E-state index in [0.29, 0.717) is 11.6 Å². The molecule has 0 fully saturated rings. The van der Waals surface area contributed by atoms with Crippen LogP contribution in [0.25, 0.3) is 218 Å². The molecule has 0 unspecified atom stereocenters. The van der Waals surface area contributed by atoms with Crippen LogP contribution in [0.5, 0.6) is 0 Å². The minimum atomic E-state index is -0.123. The van der Waals surface area contributed by atoms with Crippen molar-refractivity contribution < 1.29 is 0 Å². The molecule has 10 heteroatoms. The molecule has 0 bridgehead atoms. The summed E-state index contributed by atoms with van der Waals surface area (Å²) in [6.07, 6.45) is 3.67. The first kappa shape index (κ1) is 64.8. The SMILES string of the molecule is CC1(C)c2ccccc2-c2ccc(-c3nc(-c4cccc(-n5c6ccccc6c6c7ccccc7c7sc8ccccc8c7c65)c4)nc4cccnc34)cc21.c1ccc(-c2cc(-c3ccccc3)cc(-c3nc(-c4cccc(-n5c6ccccc6c6c7ccccc7c7sc8ccccc8c7c65)c4)nc4cccnc34)c2)cc1. The van der Waals surface area contributed by atoms with Gasteiger partial charge >= 0.3 is 0 Å². The molecule has 0 aliphatic heterocycles. The fourth-order valence-electron chi connectivity index (χ4n) is 18.1. The van der Waals surface area contributed by atoms with Gasteiger partial charge in [-0.05, 0) is 152 Å². The van der Waals surface area contributed by atoms with Crippen molar-refractivity contribution in [3.63, 3.8) is 0 Å². The lowest BCUT2D eigenvalue weighted by molar-refractivity contribution is 0.660. The van der Waals surface area contributed by atoms with Crippen LogP contribution in [-0.4, -0.2) is 39.0 Å². The monoisotopic (exact) mass is 1480 g/mol. The molecule has 0 atom stereocenters. The van der Waals surface area contributed by atoms with Crippen molar-refractivity contribution in [2.45, 2.75) is 19.3 Å². The first-order valence-corrected chi connectivity index (χ1v) is 39.9. The standard InChI is InChI=1S/C53H32N4S.C50H32N4S/c1-3-15-33(16-4-1)36-29-37(34-17-5-2-6-18-34)31-38(30-36)49-50-44(25-14-28-54-50)55-53(56-49)35-19-13-20-39(32-35)57-45-26-11-9-23-42(45)47-40-21-7-8-22-41(40)52-48(51(47)57)43-24-10-12-27-46(43)58-52;1-50(2)38-20-8-5-15-32(38)33-25-24-29(28-39(33)50)45-46-40(21-12-26-51-46)52-49(53-45)30-13-11-14-31(27-30)54-41-22-9-6-18-36(41)43-34-16-3-4-17-35(34)48-44(47(43)54)37-19-7-10-23-42(37)55-48/h1-32H;3-28H,1-2H3. The predicted molar refractivity (Wildman–Crippen MR) is 474 cm³/mol. The van der Waals surface area contributed by atoms with Gasteiger partial charge in [0, 0.05) is 124 Å². The molecule has 1 aliphatic carbocycles. The van der Waals surface area contributed by atoms with E-state index in [1.807, 2.05) is 59.3 Å². The molecule has 0 N–H and O–H groups in total. The van der Waals surface area contributed by atoms with Crippen molar-refractivity contribution in [1.82, 2.24) is 39.0 Å². The molecule has 8 aromatic heterocycles. The minimum Gasteiger partial charge on any atom is -0.309 e. The Hall–Kier alpha value is -14.2. The summed E-state index contributed by atoms with van der Waals surface area (Å²) in [5.74, 6) is 1.33. The molecular formula is C103H64N8S2. The van der Waals surface area contributed by atoms with Gasteiger partial charge in [-0.1, -0.05) is 257 Å². The Bertz CT molecular complexity index is 7870. The summed E-state index contributed by atoms with van der Waals surface area (Å²) in [5.41, 5.74) is 25.4. The van der Waals surface area contributed by atoms with Crippen LogP contribution >= 0.6 is 22.7 Å². The van der Waals surface area contributed by atoms with Gasteiger partial charge in [-0.3, -0.25) is 9.97 Å². The zero-order valence-corrected chi connectivity index (χ0v) is 63.0. The third-order valence-corrected chi connectivity index (χ3v) is 25.6. The Morgan fingerprint density at radius 1 is 0.274 bits per heavy atom. The molecule has 0 saturated carbocycles. The highest BCUT2D eigenvalue weighted by molar-refractivity contribution is 7.27. The van der Waals surface area contributed by atoms with E-state index < -0.39 is 0 Å². The molecule has 23 aromatic rings. The average molecular weight is 1480 g/mol. The summed E-state index contributed by atoms with van der Waals surface area (Å²) >= 11 is 3.76. The Kier molecular flexibility index (Phi) is 14.6. The van der Waals surface area contributed by atoms with Crippen LogP contribution in [0.2, 0.25) is 0 Å². The van der Waals surface area contributed by atoms with Crippen LogP contribution in [0.4, 0.5) is 0 Å². The van der Waals surface area contributed by atoms with Crippen LogP contribution in [0.3, 0.4) is 0 Å². The van der Waals surface area contributed by atoms with Crippen LogP contribution in [-0.2, 0) is 5.41 Å². The van der Waals surface area contributed by atoms with Gasteiger partial charge in [-0.2, -0.15) is 0 Å². The van der Waals surface area contributed by atoms with Crippen molar-refractivity contribution in [2.75, 3.05) is 0 Å². The molecule has 0 spiro atoms. The van der Waals surface area contributed by atoms with Crippen molar-refractivity contribution in [2.24, 2.45) is 0 Å². The second-order valence-electron chi connectivity index (χ2n) is 29.9. The fourth-order valence-corrected chi connectivity index (χ4v) is 20.6. The average Bonchev–Trinajstić information content (AvgIpc) is 1.54. The van der Waals surface area contributed by atoms with Gasteiger partial charge in [-0.25, -0.2) is 19.9 Å². The topological polar surface area (TPSA) is 87.2 Å². The number of pyridine rings is 2. The lowest BCUT2D eigenvalue weighted by Crippen LogP contribution is -2.15. The van der Waals surface area contributed by atoms with Crippen molar-refractivity contribution in [1.29, 1.82) is 0 Å². The lowest BCUT2D eigenvalue weighted by atomic mass is 9.82. The van der Waals surface area contributed by atoms with Gasteiger partial charge in [0.25, 0.3) is 0 Å². The highest BCUT2D eigenvalue weighted by atomic mass is 32.1. The van der Waals surface area contributed by atoms with E-state index >= 15 is 0 Å². The first-order chi connectivity index (χ1) is 55.8. The second-order valence-corrected chi connectivity index (χ2v) is 32.0. The molecule has 0 amide bonds. The van der Waals surface area contributed by atoms with Crippen molar-refractivity contribution >= 4 is 150 Å². The van der Waals surface area contributed by atoms with Gasteiger partial charge in [0.15, 0.2) is 11.6 Å². The molecule has 24 rings (SSSR count). The zero-order chi connectivity index (χ0) is 74.6. The van der Waals surface area contributed by atoms with Crippen LogP contribution < -0.4 is 0 Å².